The molecule has 1 saturated carbocycles. The van der Waals surface area contributed by atoms with Gasteiger partial charge in [-0.2, -0.15) is 0 Å². The second kappa shape index (κ2) is 68.9. The Morgan fingerprint density at radius 2 is 0.647 bits per heavy atom. The lowest BCUT2D eigenvalue weighted by molar-refractivity contribution is -0.360. The molecule has 3 rings (SSSR count). The van der Waals surface area contributed by atoms with Gasteiger partial charge in [-0.05, 0) is 31.6 Å². The molecule has 25 nitrogen and oxygen atoms in total. The van der Waals surface area contributed by atoms with Gasteiger partial charge >= 0.3 is 31.7 Å². The summed E-state index contributed by atoms with van der Waals surface area (Å²) >= 11 is 0. The zero-order valence-corrected chi connectivity index (χ0v) is 73.9. The zero-order valence-electron chi connectivity index (χ0n) is 73.0. The van der Waals surface area contributed by atoms with Crippen LogP contribution in [0.25, 0.3) is 0 Å². The highest BCUT2D eigenvalue weighted by atomic mass is 31.2. The van der Waals surface area contributed by atoms with Crippen LogP contribution in [0.3, 0.4) is 0 Å². The van der Waals surface area contributed by atoms with Crippen molar-refractivity contribution in [3.63, 3.8) is 0 Å². The fraction of sp³-hybridized carbons (Fsp3) is 0.956. The second-order valence-electron chi connectivity index (χ2n) is 34.2. The van der Waals surface area contributed by atoms with Crippen LogP contribution in [0.5, 0.6) is 0 Å². The van der Waals surface area contributed by atoms with Crippen LogP contribution in [0.4, 0.5) is 0 Å². The minimum Gasteiger partial charge on any atom is -0.463 e. The maximum atomic E-state index is 14.9. The first kappa shape index (κ1) is 108. The van der Waals surface area contributed by atoms with E-state index in [1.807, 2.05) is 0 Å². The molecule has 0 spiro atoms. The number of phosphoric acid groups is 1. The summed E-state index contributed by atoms with van der Waals surface area (Å²) in [7, 11) is -5.80. The molecule has 26 heteroatoms. The Morgan fingerprint density at radius 3 is 1.03 bits per heavy atom. The molecule has 0 amide bonds. The summed E-state index contributed by atoms with van der Waals surface area (Å²) in [4.78, 5) is 66.5. The molecule has 0 aromatic rings. The van der Waals surface area contributed by atoms with E-state index in [9.17, 15) is 74.6 Å². The molecule has 116 heavy (non-hydrogen) atoms. The Balaban J connectivity index is 1.92. The summed E-state index contributed by atoms with van der Waals surface area (Å²) in [6.07, 6.45) is 23.9. The van der Waals surface area contributed by atoms with Crippen molar-refractivity contribution in [3.8, 4) is 0 Å². The lowest BCUT2D eigenvalue weighted by Crippen LogP contribution is -2.70. The zero-order chi connectivity index (χ0) is 84.8. The van der Waals surface area contributed by atoms with Gasteiger partial charge in [-0.15, -0.1) is 0 Å². The number of esters is 4. The van der Waals surface area contributed by atoms with Crippen molar-refractivity contribution in [1.29, 1.82) is 0 Å². The van der Waals surface area contributed by atoms with Gasteiger partial charge in [-0.1, -0.05) is 362 Å². The molecule has 0 bridgehead atoms. The molecule has 2 aliphatic heterocycles. The smallest absolute Gasteiger partial charge is 0.463 e. The van der Waals surface area contributed by atoms with E-state index >= 15 is 0 Å². The minimum absolute atomic E-state index is 0.0173. The summed E-state index contributed by atoms with van der Waals surface area (Å²) in [6.45, 7) is 7.94. The maximum Gasteiger partial charge on any atom is 0.472 e. The van der Waals surface area contributed by atoms with Gasteiger partial charge in [-0.3, -0.25) is 28.2 Å². The summed E-state index contributed by atoms with van der Waals surface area (Å²) in [5.74, 6) is -2.26. The minimum atomic E-state index is -5.80. The third kappa shape index (κ3) is 49.1. The molecule has 0 aromatic heterocycles. The molecule has 19 atom stereocenters. The predicted octanol–water partition coefficient (Wildman–Crippen LogP) is 17.2. The molecule has 10 N–H and O–H groups in total. The molecule has 3 fully saturated rings. The molecule has 3 aliphatic rings. The van der Waals surface area contributed by atoms with Crippen molar-refractivity contribution in [2.24, 2.45) is 5.92 Å². The fourth-order valence-electron chi connectivity index (χ4n) is 15.9. The molecule has 0 radical (unpaired) electrons. The molecule has 2 saturated heterocycles. The van der Waals surface area contributed by atoms with E-state index in [2.05, 4.69) is 34.6 Å². The Hall–Kier alpha value is -2.53. The number of hydrogen-bond acceptors (Lipinski definition) is 24. The van der Waals surface area contributed by atoms with Crippen molar-refractivity contribution >= 4 is 31.7 Å². The van der Waals surface area contributed by atoms with Crippen LogP contribution < -0.4 is 0 Å². The number of hydrogen-bond donors (Lipinski definition) is 10. The highest BCUT2D eigenvalue weighted by molar-refractivity contribution is 7.47. The van der Waals surface area contributed by atoms with Crippen molar-refractivity contribution in [3.05, 3.63) is 0 Å². The van der Waals surface area contributed by atoms with Gasteiger partial charge in [0.2, 0.25) is 0 Å². The van der Waals surface area contributed by atoms with Gasteiger partial charge in [0.15, 0.2) is 24.8 Å². The lowest BCUT2D eigenvalue weighted by Gasteiger charge is -2.50. The van der Waals surface area contributed by atoms with Gasteiger partial charge < -0.3 is 88.7 Å². The fourth-order valence-corrected chi connectivity index (χ4v) is 16.9. The van der Waals surface area contributed by atoms with E-state index in [1.54, 1.807) is 0 Å². The summed E-state index contributed by atoms with van der Waals surface area (Å²) in [6, 6.07) is 0. The second-order valence-corrected chi connectivity index (χ2v) is 35.6. The number of carbonyl (C=O) groups is 4. The number of phosphoric ester groups is 1. The Bertz CT molecular complexity index is 2430. The van der Waals surface area contributed by atoms with Crippen LogP contribution in [0, 0.1) is 5.92 Å². The van der Waals surface area contributed by atoms with Gasteiger partial charge in [0, 0.05) is 25.7 Å². The molecule has 0 aromatic carbocycles. The largest absolute Gasteiger partial charge is 0.472 e. The normalized spacial score (nSPS) is 25.4. The van der Waals surface area contributed by atoms with Crippen molar-refractivity contribution in [2.45, 2.75) is 518 Å². The van der Waals surface area contributed by atoms with Gasteiger partial charge in [0.05, 0.1) is 13.2 Å². The number of ether oxygens (including phenoxy) is 8. The quantitative estimate of drug-likeness (QED) is 0.0117. The van der Waals surface area contributed by atoms with Crippen LogP contribution in [-0.2, 0) is 70.7 Å². The first-order valence-electron chi connectivity index (χ1n) is 47.2. The molecular formula is C90H169O25P. The Labute approximate surface area is 699 Å². The highest BCUT2D eigenvalue weighted by Crippen LogP contribution is 2.49. The molecule has 684 valence electrons. The molecule has 19 unspecified atom stereocenters. The SMILES string of the molecule is CCCCCCCCCCCCCCCCCC(=O)OC(COC(=O)CCCCCCCCCCCCCCC)COP(=O)(O)OC1C(OC2OC(CO)C(O)C(O)C2O)C(O)C(O)C(OC(=O)CCCCCCCCCCCCCCC)C1OC1OC(COC(=O)CCCCCCCCC(C)CCCCCCCC)C(O)C(O)C1O. The van der Waals surface area contributed by atoms with E-state index < -0.39 is 162 Å². The topological polar surface area (TPSA) is 380 Å². The number of carbonyl (C=O) groups excluding carboxylic acids is 4. The van der Waals surface area contributed by atoms with Crippen LogP contribution in [0.15, 0.2) is 0 Å². The van der Waals surface area contributed by atoms with Crippen molar-refractivity contribution in [1.82, 2.24) is 0 Å². The lowest BCUT2D eigenvalue weighted by atomic mass is 9.84. The van der Waals surface area contributed by atoms with E-state index in [0.29, 0.717) is 38.0 Å². The van der Waals surface area contributed by atoms with E-state index in [1.165, 1.54) is 193 Å². The average molecular weight is 1680 g/mol. The van der Waals surface area contributed by atoms with Crippen LogP contribution in [0.1, 0.15) is 413 Å². The van der Waals surface area contributed by atoms with Gasteiger partial charge in [0.25, 0.3) is 0 Å². The summed E-state index contributed by atoms with van der Waals surface area (Å²) in [5, 5.41) is 102. The third-order valence-corrected chi connectivity index (χ3v) is 24.5. The van der Waals surface area contributed by atoms with E-state index in [4.69, 9.17) is 46.9 Å². The van der Waals surface area contributed by atoms with Gasteiger partial charge in [-0.25, -0.2) is 4.57 Å². The predicted molar refractivity (Wildman–Crippen MR) is 449 cm³/mol. The van der Waals surface area contributed by atoms with Crippen LogP contribution in [0.2, 0.25) is 0 Å². The molecular weight excluding hydrogens is 1510 g/mol. The van der Waals surface area contributed by atoms with E-state index in [0.717, 1.165) is 128 Å². The van der Waals surface area contributed by atoms with Crippen LogP contribution in [-0.4, -0.2) is 205 Å². The number of unbranched alkanes of at least 4 members (excludes halogenated alkanes) is 48. The third-order valence-electron chi connectivity index (χ3n) is 23.5. The first-order valence-corrected chi connectivity index (χ1v) is 48.7. The highest BCUT2D eigenvalue weighted by Gasteiger charge is 2.60. The van der Waals surface area contributed by atoms with Crippen molar-refractivity contribution in [2.75, 3.05) is 26.4 Å². The van der Waals surface area contributed by atoms with Crippen LogP contribution >= 0.6 is 7.82 Å². The number of rotatable bonds is 76. The van der Waals surface area contributed by atoms with E-state index in [-0.39, 0.29) is 25.7 Å². The molecule has 2 heterocycles. The Morgan fingerprint density at radius 1 is 0.336 bits per heavy atom. The summed E-state index contributed by atoms with van der Waals surface area (Å²) < 4.78 is 73.5. The number of aliphatic hydroxyl groups excluding tert-OH is 9. The standard InChI is InChI=1S/C90H169O25P/c1-6-10-14-18-22-25-28-31-32-35-38-40-43-51-57-63-75(94)109-70(66-106-73(92)61-55-49-42-39-36-33-29-26-23-19-15-11-7-2)67-108-116(104,105)115-88-86(113-89-83(102)79(98)77(96)71(65-91)110-89)82(101)81(100)85(112-76(95)64-58-52-44-41-37-34-30-27-24-20-16-12-8-3)87(88)114-90-84(103)80(99)78(97)72(111-90)68-107-74(93)62-56-50-46-45-48-54-60-69(5)59-53-47-21-17-13-9-4/h69-72,77-91,96-103H,6-68H2,1-5H3,(H,104,105). The maximum absolute atomic E-state index is 14.9. The number of aliphatic hydroxyl groups is 9. The van der Waals surface area contributed by atoms with Gasteiger partial charge in [0.1, 0.15) is 92.6 Å². The Kier molecular flexibility index (Phi) is 63.9. The summed E-state index contributed by atoms with van der Waals surface area (Å²) in [5.41, 5.74) is 0. The monoisotopic (exact) mass is 1680 g/mol. The molecule has 1 aliphatic carbocycles. The average Bonchev–Trinajstić information content (AvgIpc) is 0.755. The first-order chi connectivity index (χ1) is 56.1. The van der Waals surface area contributed by atoms with Crippen molar-refractivity contribution < 1.29 is 122 Å².